The Labute approximate surface area is 156 Å². The zero-order valence-corrected chi connectivity index (χ0v) is 15.7. The van der Waals surface area contributed by atoms with Crippen molar-refractivity contribution in [2.45, 2.75) is 45.6 Å². The number of piperidine rings is 1. The molecule has 1 N–H and O–H groups in total. The molecule has 2 aromatic carbocycles. The van der Waals surface area contributed by atoms with Crippen molar-refractivity contribution in [3.05, 3.63) is 54.1 Å². The zero-order chi connectivity index (χ0) is 18.4. The molecule has 1 atom stereocenters. The van der Waals surface area contributed by atoms with Crippen molar-refractivity contribution in [2.24, 2.45) is 0 Å². The Bertz CT molecular complexity index is 721. The molecule has 4 heteroatoms. The second-order valence-corrected chi connectivity index (χ2v) is 6.92. The Kier molecular flexibility index (Phi) is 6.16. The van der Waals surface area contributed by atoms with Gasteiger partial charge in [-0.15, -0.1) is 0 Å². The molecular formula is C22H28N2O2. The molecule has 26 heavy (non-hydrogen) atoms. The third-order valence-corrected chi connectivity index (χ3v) is 4.79. The van der Waals surface area contributed by atoms with E-state index in [4.69, 9.17) is 4.74 Å². The van der Waals surface area contributed by atoms with Crippen LogP contribution in [0.1, 0.15) is 38.2 Å². The Morgan fingerprint density at radius 3 is 2.50 bits per heavy atom. The quantitative estimate of drug-likeness (QED) is 0.813. The van der Waals surface area contributed by atoms with Crippen molar-refractivity contribution < 1.29 is 9.53 Å². The Hall–Kier alpha value is -2.49. The highest BCUT2D eigenvalue weighted by atomic mass is 16.5. The number of carbonyl (C=O) groups excluding carboxylic acids is 1. The first-order valence-electron chi connectivity index (χ1n) is 9.55. The molecule has 0 spiro atoms. The number of rotatable bonds is 6. The maximum Gasteiger partial charge on any atom is 0.265 e. The van der Waals surface area contributed by atoms with Crippen LogP contribution in [0.15, 0.2) is 48.5 Å². The molecule has 4 nitrogen and oxygen atoms in total. The minimum absolute atomic E-state index is 0.111. The molecule has 0 radical (unpaired) electrons. The summed E-state index contributed by atoms with van der Waals surface area (Å²) < 4.78 is 5.88. The summed E-state index contributed by atoms with van der Waals surface area (Å²) in [5.41, 5.74) is 3.15. The fraction of sp³-hybridized carbons (Fsp3) is 0.409. The molecule has 1 aliphatic heterocycles. The van der Waals surface area contributed by atoms with E-state index in [2.05, 4.69) is 22.3 Å². The number of ether oxygens (including phenoxy) is 1. The van der Waals surface area contributed by atoms with Crippen molar-refractivity contribution in [1.82, 2.24) is 0 Å². The Morgan fingerprint density at radius 2 is 1.85 bits per heavy atom. The normalized spacial score (nSPS) is 15.4. The van der Waals surface area contributed by atoms with E-state index >= 15 is 0 Å². The predicted octanol–water partition coefficient (Wildman–Crippen LogP) is 4.78. The second kappa shape index (κ2) is 8.75. The number of aryl methyl sites for hydroxylation is 1. The van der Waals surface area contributed by atoms with E-state index in [1.165, 1.54) is 24.9 Å². The minimum Gasteiger partial charge on any atom is -0.481 e. The van der Waals surface area contributed by atoms with Gasteiger partial charge in [0, 0.05) is 24.5 Å². The molecule has 0 bridgehead atoms. The van der Waals surface area contributed by atoms with Crippen LogP contribution in [0.25, 0.3) is 0 Å². The van der Waals surface area contributed by atoms with Gasteiger partial charge in [-0.3, -0.25) is 4.79 Å². The van der Waals surface area contributed by atoms with Crippen LogP contribution in [-0.4, -0.2) is 25.1 Å². The number of benzene rings is 2. The summed E-state index contributed by atoms with van der Waals surface area (Å²) in [6, 6.07) is 15.9. The first kappa shape index (κ1) is 18.3. The fourth-order valence-corrected chi connectivity index (χ4v) is 3.31. The van der Waals surface area contributed by atoms with E-state index in [0.29, 0.717) is 6.42 Å². The molecule has 3 rings (SSSR count). The monoisotopic (exact) mass is 352 g/mol. The zero-order valence-electron chi connectivity index (χ0n) is 15.7. The first-order chi connectivity index (χ1) is 12.7. The number of carbonyl (C=O) groups is 1. The van der Waals surface area contributed by atoms with Crippen LogP contribution in [-0.2, 0) is 4.79 Å². The minimum atomic E-state index is -0.501. The predicted molar refractivity (Wildman–Crippen MR) is 107 cm³/mol. The fourth-order valence-electron chi connectivity index (χ4n) is 3.31. The van der Waals surface area contributed by atoms with Crippen molar-refractivity contribution in [2.75, 3.05) is 23.3 Å². The highest BCUT2D eigenvalue weighted by Gasteiger charge is 2.19. The Balaban J connectivity index is 1.60. The molecule has 1 amide bonds. The lowest BCUT2D eigenvalue weighted by Crippen LogP contribution is -2.32. The standard InChI is InChI=1S/C22H28N2O2/c1-3-21(26-20-9-7-8-17(2)16-20)22(25)23-18-10-12-19(13-11-18)24-14-5-4-6-15-24/h7-13,16,21H,3-6,14-15H2,1-2H3,(H,23,25). The smallest absolute Gasteiger partial charge is 0.265 e. The van der Waals surface area contributed by atoms with Gasteiger partial charge in [0.15, 0.2) is 6.10 Å². The van der Waals surface area contributed by atoms with Crippen LogP contribution in [0.3, 0.4) is 0 Å². The number of anilines is 2. The average Bonchev–Trinajstić information content (AvgIpc) is 2.67. The molecule has 1 aliphatic rings. The third-order valence-electron chi connectivity index (χ3n) is 4.79. The summed E-state index contributed by atoms with van der Waals surface area (Å²) in [5, 5.41) is 2.98. The van der Waals surface area contributed by atoms with Crippen molar-refractivity contribution in [1.29, 1.82) is 0 Å². The number of hydrogen-bond acceptors (Lipinski definition) is 3. The second-order valence-electron chi connectivity index (χ2n) is 6.92. The van der Waals surface area contributed by atoms with Crippen molar-refractivity contribution in [3.63, 3.8) is 0 Å². The molecule has 1 heterocycles. The van der Waals surface area contributed by atoms with E-state index in [-0.39, 0.29) is 5.91 Å². The molecule has 138 valence electrons. The van der Waals surface area contributed by atoms with Crippen LogP contribution in [0.2, 0.25) is 0 Å². The van der Waals surface area contributed by atoms with Gasteiger partial charge in [0.25, 0.3) is 5.91 Å². The maximum absolute atomic E-state index is 12.6. The summed E-state index contributed by atoms with van der Waals surface area (Å²) in [6.07, 6.45) is 3.95. The van der Waals surface area contributed by atoms with Gasteiger partial charge in [-0.1, -0.05) is 19.1 Å². The van der Waals surface area contributed by atoms with Gasteiger partial charge in [0.1, 0.15) is 5.75 Å². The van der Waals surface area contributed by atoms with Gasteiger partial charge < -0.3 is 15.0 Å². The molecule has 1 unspecified atom stereocenters. The third kappa shape index (κ3) is 4.78. The van der Waals surface area contributed by atoms with Gasteiger partial charge >= 0.3 is 0 Å². The van der Waals surface area contributed by atoms with Crippen LogP contribution in [0, 0.1) is 6.92 Å². The van der Waals surface area contributed by atoms with Crippen LogP contribution < -0.4 is 15.0 Å². The highest BCUT2D eigenvalue weighted by molar-refractivity contribution is 5.94. The van der Waals surface area contributed by atoms with Crippen LogP contribution in [0.4, 0.5) is 11.4 Å². The number of amides is 1. The largest absolute Gasteiger partial charge is 0.481 e. The average molecular weight is 352 g/mol. The van der Waals surface area contributed by atoms with Gasteiger partial charge in [-0.25, -0.2) is 0 Å². The molecule has 1 fully saturated rings. The number of nitrogens with one attached hydrogen (secondary N) is 1. The van der Waals surface area contributed by atoms with Crippen LogP contribution >= 0.6 is 0 Å². The number of hydrogen-bond donors (Lipinski definition) is 1. The molecular weight excluding hydrogens is 324 g/mol. The summed E-state index contributed by atoms with van der Waals surface area (Å²) in [4.78, 5) is 15.0. The van der Waals surface area contributed by atoms with Crippen LogP contribution in [0.5, 0.6) is 5.75 Å². The van der Waals surface area contributed by atoms with E-state index < -0.39 is 6.10 Å². The van der Waals surface area contributed by atoms with Gasteiger partial charge in [-0.05, 0) is 74.6 Å². The summed E-state index contributed by atoms with van der Waals surface area (Å²) in [7, 11) is 0. The summed E-state index contributed by atoms with van der Waals surface area (Å²) in [6.45, 7) is 6.21. The Morgan fingerprint density at radius 1 is 1.12 bits per heavy atom. The highest BCUT2D eigenvalue weighted by Crippen LogP contribution is 2.22. The molecule has 1 saturated heterocycles. The molecule has 2 aromatic rings. The van der Waals surface area contributed by atoms with Gasteiger partial charge in [-0.2, -0.15) is 0 Å². The van der Waals surface area contributed by atoms with Gasteiger partial charge in [0.2, 0.25) is 0 Å². The molecule has 0 aliphatic carbocycles. The van der Waals surface area contributed by atoms with Crippen molar-refractivity contribution in [3.8, 4) is 5.75 Å². The van der Waals surface area contributed by atoms with E-state index in [1.54, 1.807) is 0 Å². The summed E-state index contributed by atoms with van der Waals surface area (Å²) >= 11 is 0. The first-order valence-corrected chi connectivity index (χ1v) is 9.55. The SMILES string of the molecule is CCC(Oc1cccc(C)c1)C(=O)Nc1ccc(N2CCCCC2)cc1. The van der Waals surface area contributed by atoms with Crippen molar-refractivity contribution >= 4 is 17.3 Å². The lowest BCUT2D eigenvalue weighted by molar-refractivity contribution is -0.122. The topological polar surface area (TPSA) is 41.6 Å². The van der Waals surface area contributed by atoms with E-state index in [0.717, 1.165) is 30.1 Å². The van der Waals surface area contributed by atoms with E-state index in [9.17, 15) is 4.79 Å². The lowest BCUT2D eigenvalue weighted by Gasteiger charge is -2.28. The molecule has 0 aromatic heterocycles. The molecule has 0 saturated carbocycles. The van der Waals surface area contributed by atoms with E-state index in [1.807, 2.05) is 50.2 Å². The lowest BCUT2D eigenvalue weighted by atomic mass is 10.1. The summed E-state index contributed by atoms with van der Waals surface area (Å²) in [5.74, 6) is 0.618. The van der Waals surface area contributed by atoms with Gasteiger partial charge in [0.05, 0.1) is 0 Å². The maximum atomic E-state index is 12.6. The number of nitrogens with zero attached hydrogens (tertiary/aromatic N) is 1.